The number of hydrogen-bond donors (Lipinski definition) is 0. The van der Waals surface area contributed by atoms with Gasteiger partial charge in [0, 0.05) is 46.4 Å². The average molecular weight is 315 g/mol. The molecule has 5 heteroatoms. The number of pyridine rings is 1. The van der Waals surface area contributed by atoms with Crippen molar-refractivity contribution in [1.82, 2.24) is 9.55 Å². The molecule has 0 saturated carbocycles. The molecule has 22 heavy (non-hydrogen) atoms. The highest BCUT2D eigenvalue weighted by Crippen LogP contribution is 2.31. The zero-order valence-electron chi connectivity index (χ0n) is 11.8. The molecule has 0 aliphatic rings. The quantitative estimate of drug-likeness (QED) is 0.528. The van der Waals surface area contributed by atoms with Crippen molar-refractivity contribution in [2.75, 3.05) is 0 Å². The Morgan fingerprint density at radius 1 is 1.23 bits per heavy atom. The van der Waals surface area contributed by atoms with Crippen LogP contribution in [0.15, 0.2) is 48.9 Å². The predicted molar refractivity (Wildman–Crippen MR) is 84.1 cm³/mol. The van der Waals surface area contributed by atoms with Crippen LogP contribution in [0.3, 0.4) is 0 Å². The molecular weight excluding hydrogens is 303 g/mol. The summed E-state index contributed by atoms with van der Waals surface area (Å²) in [5.74, 6) is -0.568. The summed E-state index contributed by atoms with van der Waals surface area (Å²) in [6.07, 6.45) is 5.66. The van der Waals surface area contributed by atoms with Gasteiger partial charge >= 0.3 is 0 Å². The first-order valence-corrected chi connectivity index (χ1v) is 7.02. The van der Waals surface area contributed by atoms with Crippen LogP contribution in [0.2, 0.25) is 5.02 Å². The highest BCUT2D eigenvalue weighted by atomic mass is 35.5. The molecule has 3 rings (SSSR count). The number of halogens is 2. The second-order valence-electron chi connectivity index (χ2n) is 4.93. The summed E-state index contributed by atoms with van der Waals surface area (Å²) in [7, 11) is 0. The van der Waals surface area contributed by atoms with Crippen LogP contribution in [0, 0.1) is 12.9 Å². The fraction of sp³-hybridized carbons (Fsp3) is 0.0588. The van der Waals surface area contributed by atoms with E-state index in [1.807, 2.05) is 25.1 Å². The zero-order chi connectivity index (χ0) is 15.7. The minimum atomic E-state index is -0.568. The van der Waals surface area contributed by atoms with Crippen molar-refractivity contribution in [2.24, 2.45) is 0 Å². The van der Waals surface area contributed by atoms with E-state index in [1.165, 1.54) is 12.3 Å². The number of aryl methyl sites for hydroxylation is 1. The van der Waals surface area contributed by atoms with Gasteiger partial charge in [-0.2, -0.15) is 4.39 Å². The third-order valence-electron chi connectivity index (χ3n) is 3.47. The van der Waals surface area contributed by atoms with Gasteiger partial charge in [0.05, 0.1) is 5.69 Å². The van der Waals surface area contributed by atoms with Gasteiger partial charge in [0.15, 0.2) is 6.29 Å². The van der Waals surface area contributed by atoms with Crippen LogP contribution in [0.4, 0.5) is 4.39 Å². The first kappa shape index (κ1) is 14.5. The molecule has 0 saturated heterocycles. The predicted octanol–water partition coefficient (Wildman–Crippen LogP) is 4.45. The van der Waals surface area contributed by atoms with E-state index in [0.717, 1.165) is 17.4 Å². The van der Waals surface area contributed by atoms with E-state index in [4.69, 9.17) is 11.6 Å². The van der Waals surface area contributed by atoms with Crippen molar-refractivity contribution >= 4 is 17.9 Å². The van der Waals surface area contributed by atoms with Crippen molar-refractivity contribution in [1.29, 1.82) is 0 Å². The molecule has 0 spiro atoms. The molecule has 2 aromatic heterocycles. The molecule has 3 aromatic rings. The molecule has 0 unspecified atom stereocenters. The van der Waals surface area contributed by atoms with E-state index in [2.05, 4.69) is 4.98 Å². The molecule has 0 bridgehead atoms. The molecule has 1 aromatic carbocycles. The largest absolute Gasteiger partial charge is 0.322 e. The Kier molecular flexibility index (Phi) is 3.77. The van der Waals surface area contributed by atoms with Crippen LogP contribution >= 0.6 is 11.6 Å². The molecule has 0 amide bonds. The topological polar surface area (TPSA) is 34.9 Å². The van der Waals surface area contributed by atoms with Gasteiger partial charge in [-0.05, 0) is 18.6 Å². The second-order valence-corrected chi connectivity index (χ2v) is 5.33. The van der Waals surface area contributed by atoms with Crippen molar-refractivity contribution in [3.05, 3.63) is 71.0 Å². The first-order chi connectivity index (χ1) is 10.6. The van der Waals surface area contributed by atoms with Gasteiger partial charge in [0.25, 0.3) is 0 Å². The van der Waals surface area contributed by atoms with Gasteiger partial charge in [-0.1, -0.05) is 29.8 Å². The Labute approximate surface area is 132 Å². The Morgan fingerprint density at radius 3 is 2.73 bits per heavy atom. The molecule has 0 fully saturated rings. The summed E-state index contributed by atoms with van der Waals surface area (Å²) < 4.78 is 15.1. The summed E-state index contributed by atoms with van der Waals surface area (Å²) in [6.45, 7) is 1.83. The van der Waals surface area contributed by atoms with Gasteiger partial charge in [-0.25, -0.2) is 4.98 Å². The fourth-order valence-electron chi connectivity index (χ4n) is 2.37. The smallest absolute Gasteiger partial charge is 0.214 e. The average Bonchev–Trinajstić information content (AvgIpc) is 2.94. The van der Waals surface area contributed by atoms with Crippen LogP contribution in [-0.4, -0.2) is 15.8 Å². The van der Waals surface area contributed by atoms with E-state index >= 15 is 0 Å². The molecule has 2 heterocycles. The van der Waals surface area contributed by atoms with Crippen molar-refractivity contribution in [3.8, 4) is 16.8 Å². The van der Waals surface area contributed by atoms with E-state index in [-0.39, 0.29) is 0 Å². The van der Waals surface area contributed by atoms with Gasteiger partial charge in [0.1, 0.15) is 0 Å². The Hall–Kier alpha value is -2.46. The standard InChI is InChI=1S/C17H12ClFN2O/c1-11-7-20-17(19)6-16(11)21-8-12(10-22)14(9-21)13-4-2-3-5-15(13)18/h2-10H,1H3. The lowest BCUT2D eigenvalue weighted by Gasteiger charge is -2.06. The van der Waals surface area contributed by atoms with Crippen LogP contribution in [-0.2, 0) is 0 Å². The minimum absolute atomic E-state index is 0.490. The lowest BCUT2D eigenvalue weighted by atomic mass is 10.1. The van der Waals surface area contributed by atoms with E-state index in [1.54, 1.807) is 23.0 Å². The molecule has 0 radical (unpaired) electrons. The maximum atomic E-state index is 13.4. The maximum Gasteiger partial charge on any atom is 0.214 e. The molecule has 0 aliphatic heterocycles. The summed E-state index contributed by atoms with van der Waals surface area (Å²) in [5, 5.41) is 0.556. The van der Waals surface area contributed by atoms with Crippen LogP contribution < -0.4 is 0 Å². The van der Waals surface area contributed by atoms with Crippen LogP contribution in [0.1, 0.15) is 15.9 Å². The number of rotatable bonds is 3. The monoisotopic (exact) mass is 314 g/mol. The third-order valence-corrected chi connectivity index (χ3v) is 3.80. The van der Waals surface area contributed by atoms with E-state index in [0.29, 0.717) is 21.8 Å². The maximum absolute atomic E-state index is 13.4. The number of carbonyl (C=O) groups excluding carboxylic acids is 1. The van der Waals surface area contributed by atoms with Crippen LogP contribution in [0.25, 0.3) is 16.8 Å². The normalized spacial score (nSPS) is 10.7. The highest BCUT2D eigenvalue weighted by molar-refractivity contribution is 6.33. The molecule has 0 aliphatic carbocycles. The third kappa shape index (κ3) is 2.53. The number of hydrogen-bond acceptors (Lipinski definition) is 2. The second kappa shape index (κ2) is 5.73. The molecular formula is C17H12ClFN2O. The fourth-order valence-corrected chi connectivity index (χ4v) is 2.61. The summed E-state index contributed by atoms with van der Waals surface area (Å²) in [5.41, 5.74) is 3.40. The number of aldehydes is 1. The summed E-state index contributed by atoms with van der Waals surface area (Å²) in [6, 6.07) is 8.62. The summed E-state index contributed by atoms with van der Waals surface area (Å²) >= 11 is 6.20. The van der Waals surface area contributed by atoms with Gasteiger partial charge < -0.3 is 4.57 Å². The highest BCUT2D eigenvalue weighted by Gasteiger charge is 2.13. The number of carbonyl (C=O) groups is 1. The Bertz CT molecular complexity index is 858. The lowest BCUT2D eigenvalue weighted by Crippen LogP contribution is -1.96. The minimum Gasteiger partial charge on any atom is -0.322 e. The molecule has 3 nitrogen and oxygen atoms in total. The van der Waals surface area contributed by atoms with E-state index in [9.17, 15) is 9.18 Å². The zero-order valence-corrected chi connectivity index (χ0v) is 12.5. The first-order valence-electron chi connectivity index (χ1n) is 6.64. The number of benzene rings is 1. The van der Waals surface area contributed by atoms with Crippen molar-refractivity contribution in [2.45, 2.75) is 6.92 Å². The van der Waals surface area contributed by atoms with Crippen molar-refractivity contribution < 1.29 is 9.18 Å². The van der Waals surface area contributed by atoms with Crippen LogP contribution in [0.5, 0.6) is 0 Å². The Morgan fingerprint density at radius 2 is 2.00 bits per heavy atom. The lowest BCUT2D eigenvalue weighted by molar-refractivity contribution is 0.112. The molecule has 0 atom stereocenters. The number of aromatic nitrogens is 2. The Balaban J connectivity index is 2.19. The van der Waals surface area contributed by atoms with E-state index < -0.39 is 5.95 Å². The molecule has 0 N–H and O–H groups in total. The SMILES string of the molecule is Cc1cnc(F)cc1-n1cc(C=O)c(-c2ccccc2Cl)c1. The summed E-state index contributed by atoms with van der Waals surface area (Å²) in [4.78, 5) is 15.0. The van der Waals surface area contributed by atoms with Crippen molar-refractivity contribution in [3.63, 3.8) is 0 Å². The van der Waals surface area contributed by atoms with Gasteiger partial charge in [-0.15, -0.1) is 0 Å². The molecule has 110 valence electrons. The number of nitrogens with zero attached hydrogens (tertiary/aromatic N) is 2. The van der Waals surface area contributed by atoms with Gasteiger partial charge in [0.2, 0.25) is 5.95 Å². The van der Waals surface area contributed by atoms with Gasteiger partial charge in [-0.3, -0.25) is 4.79 Å².